The van der Waals surface area contributed by atoms with Gasteiger partial charge in [0.15, 0.2) is 0 Å². The number of pyridine rings is 1. The highest BCUT2D eigenvalue weighted by molar-refractivity contribution is 6.00. The molecule has 2 N–H and O–H groups in total. The van der Waals surface area contributed by atoms with Gasteiger partial charge in [-0.15, -0.1) is 0 Å². The molecule has 4 rings (SSSR count). The number of halogens is 6. The van der Waals surface area contributed by atoms with E-state index >= 15 is 0 Å². The van der Waals surface area contributed by atoms with Crippen LogP contribution in [0.1, 0.15) is 16.7 Å². The first-order chi connectivity index (χ1) is 15.9. The number of rotatable bonds is 3. The second-order valence-corrected chi connectivity index (χ2v) is 7.50. The van der Waals surface area contributed by atoms with Gasteiger partial charge in [-0.3, -0.25) is 0 Å². The highest BCUT2D eigenvalue weighted by Crippen LogP contribution is 2.37. The van der Waals surface area contributed by atoms with Gasteiger partial charge in [0.1, 0.15) is 5.65 Å². The van der Waals surface area contributed by atoms with E-state index in [1.807, 2.05) is 35.0 Å². The quantitative estimate of drug-likeness (QED) is 0.312. The standard InChI is InChI=1S/C23H16F6N4O/c1-13-4-3-7-33-12-19(32-20(13)33)14-5-2-6-17(8-14)30-21(34)31-18-10-15(22(24,25)26)9-16(11-18)23(27,28)29/h2-12H,1H3,(H2,30,31,34). The Morgan fingerprint density at radius 1 is 0.853 bits per heavy atom. The van der Waals surface area contributed by atoms with Gasteiger partial charge < -0.3 is 15.0 Å². The van der Waals surface area contributed by atoms with Gasteiger partial charge in [-0.1, -0.05) is 18.2 Å². The summed E-state index contributed by atoms with van der Waals surface area (Å²) in [6.07, 6.45) is -6.41. The number of anilines is 2. The molecule has 0 saturated carbocycles. The van der Waals surface area contributed by atoms with Crippen LogP contribution < -0.4 is 10.6 Å². The van der Waals surface area contributed by atoms with Gasteiger partial charge in [0, 0.05) is 29.3 Å². The largest absolute Gasteiger partial charge is 0.416 e. The summed E-state index contributed by atoms with van der Waals surface area (Å²) in [7, 11) is 0. The molecule has 0 aliphatic carbocycles. The highest BCUT2D eigenvalue weighted by Gasteiger charge is 2.37. The molecule has 2 heterocycles. The molecule has 2 amide bonds. The first-order valence-corrected chi connectivity index (χ1v) is 9.82. The predicted octanol–water partition coefficient (Wildman–Crippen LogP) is 6.99. The fourth-order valence-corrected chi connectivity index (χ4v) is 3.37. The summed E-state index contributed by atoms with van der Waals surface area (Å²) >= 11 is 0. The molecule has 0 bridgehead atoms. The molecular weight excluding hydrogens is 462 g/mol. The van der Waals surface area contributed by atoms with Crippen LogP contribution in [0.15, 0.2) is 67.0 Å². The smallest absolute Gasteiger partial charge is 0.308 e. The van der Waals surface area contributed by atoms with Crippen LogP contribution in [0.25, 0.3) is 16.9 Å². The summed E-state index contributed by atoms with van der Waals surface area (Å²) in [5.74, 6) is 0. The van der Waals surface area contributed by atoms with Crippen molar-refractivity contribution in [2.75, 3.05) is 10.6 Å². The number of amides is 2. The van der Waals surface area contributed by atoms with Gasteiger partial charge in [-0.25, -0.2) is 9.78 Å². The van der Waals surface area contributed by atoms with Crippen LogP contribution in [0.5, 0.6) is 0 Å². The minimum atomic E-state index is -5.02. The number of imidazole rings is 1. The van der Waals surface area contributed by atoms with E-state index in [2.05, 4.69) is 10.3 Å². The molecule has 4 aromatic rings. The van der Waals surface area contributed by atoms with Crippen LogP contribution in [0.4, 0.5) is 42.5 Å². The van der Waals surface area contributed by atoms with Crippen LogP contribution in [0.2, 0.25) is 0 Å². The van der Waals surface area contributed by atoms with E-state index < -0.39 is 35.2 Å². The molecule has 0 aliphatic heterocycles. The second-order valence-electron chi connectivity index (χ2n) is 7.50. The average Bonchev–Trinajstić information content (AvgIpc) is 3.18. The Morgan fingerprint density at radius 3 is 2.12 bits per heavy atom. The number of carbonyl (C=O) groups is 1. The van der Waals surface area contributed by atoms with Crippen molar-refractivity contribution in [1.82, 2.24) is 9.38 Å². The van der Waals surface area contributed by atoms with Crippen LogP contribution in [-0.4, -0.2) is 15.4 Å². The number of carbonyl (C=O) groups excluding carboxylic acids is 1. The highest BCUT2D eigenvalue weighted by atomic mass is 19.4. The van der Waals surface area contributed by atoms with Crippen LogP contribution >= 0.6 is 0 Å². The molecule has 0 saturated heterocycles. The number of fused-ring (bicyclic) bond motifs is 1. The molecule has 0 spiro atoms. The molecule has 0 aliphatic rings. The van der Waals surface area contributed by atoms with Gasteiger partial charge in [0.25, 0.3) is 0 Å². The third-order valence-electron chi connectivity index (χ3n) is 4.94. The fraction of sp³-hybridized carbons (Fsp3) is 0.130. The van der Waals surface area contributed by atoms with Gasteiger partial charge in [-0.05, 0) is 48.9 Å². The number of nitrogens with zero attached hydrogens (tertiary/aromatic N) is 2. The minimum absolute atomic E-state index is 0.0108. The van der Waals surface area contributed by atoms with Crippen molar-refractivity contribution in [2.45, 2.75) is 19.3 Å². The zero-order valence-corrected chi connectivity index (χ0v) is 17.4. The van der Waals surface area contributed by atoms with Gasteiger partial charge in [-0.2, -0.15) is 26.3 Å². The molecule has 0 fully saturated rings. The number of hydrogen-bond acceptors (Lipinski definition) is 2. The first-order valence-electron chi connectivity index (χ1n) is 9.82. The first kappa shape index (κ1) is 23.1. The van der Waals surface area contributed by atoms with Gasteiger partial charge in [0.2, 0.25) is 0 Å². The number of hydrogen-bond donors (Lipinski definition) is 2. The number of aromatic nitrogens is 2. The van der Waals surface area contributed by atoms with Crippen molar-refractivity contribution in [1.29, 1.82) is 0 Å². The molecule has 11 heteroatoms. The van der Waals surface area contributed by atoms with Crippen LogP contribution in [0, 0.1) is 6.92 Å². The van der Waals surface area contributed by atoms with E-state index in [4.69, 9.17) is 0 Å². The summed E-state index contributed by atoms with van der Waals surface area (Å²) in [5, 5.41) is 4.45. The van der Waals surface area contributed by atoms with Crippen molar-refractivity contribution >= 4 is 23.1 Å². The monoisotopic (exact) mass is 478 g/mol. The lowest BCUT2D eigenvalue weighted by Gasteiger charge is -2.15. The summed E-state index contributed by atoms with van der Waals surface area (Å²) in [6.45, 7) is 1.91. The summed E-state index contributed by atoms with van der Waals surface area (Å²) in [4.78, 5) is 16.9. The van der Waals surface area contributed by atoms with E-state index in [9.17, 15) is 31.1 Å². The van der Waals surface area contributed by atoms with Crippen molar-refractivity contribution in [2.24, 2.45) is 0 Å². The molecule has 0 unspecified atom stereocenters. The van der Waals surface area contributed by atoms with Crippen molar-refractivity contribution in [3.8, 4) is 11.3 Å². The number of benzene rings is 2. The second kappa shape index (κ2) is 8.40. The van der Waals surface area contributed by atoms with E-state index in [0.29, 0.717) is 23.4 Å². The number of nitrogens with one attached hydrogen (secondary N) is 2. The van der Waals surface area contributed by atoms with Gasteiger partial charge >= 0.3 is 18.4 Å². The average molecular weight is 478 g/mol. The lowest BCUT2D eigenvalue weighted by atomic mass is 10.1. The molecule has 5 nitrogen and oxygen atoms in total. The van der Waals surface area contributed by atoms with Crippen LogP contribution in [-0.2, 0) is 12.4 Å². The Labute approximate surface area is 189 Å². The third kappa shape index (κ3) is 4.98. The van der Waals surface area contributed by atoms with Crippen LogP contribution in [0.3, 0.4) is 0 Å². The summed E-state index contributed by atoms with van der Waals surface area (Å²) in [5.41, 5.74) is -0.451. The maximum Gasteiger partial charge on any atom is 0.416 e. The van der Waals surface area contributed by atoms with E-state index in [0.717, 1.165) is 11.2 Å². The van der Waals surface area contributed by atoms with E-state index in [-0.39, 0.29) is 11.8 Å². The minimum Gasteiger partial charge on any atom is -0.308 e. The number of aryl methyl sites for hydroxylation is 1. The zero-order chi connectivity index (χ0) is 24.7. The Morgan fingerprint density at radius 2 is 1.50 bits per heavy atom. The summed E-state index contributed by atoms with van der Waals surface area (Å²) in [6, 6.07) is 10.1. The predicted molar refractivity (Wildman–Crippen MR) is 114 cm³/mol. The van der Waals surface area contributed by atoms with Gasteiger partial charge in [0.05, 0.1) is 16.8 Å². The maximum absolute atomic E-state index is 13.0. The number of alkyl halides is 6. The zero-order valence-electron chi connectivity index (χ0n) is 17.4. The molecule has 34 heavy (non-hydrogen) atoms. The maximum atomic E-state index is 13.0. The Hall–Kier alpha value is -4.02. The Kier molecular flexibility index (Phi) is 5.72. The van der Waals surface area contributed by atoms with Crippen molar-refractivity contribution < 1.29 is 31.1 Å². The Balaban J connectivity index is 1.56. The normalized spacial score (nSPS) is 12.1. The lowest BCUT2D eigenvalue weighted by Crippen LogP contribution is -2.20. The fourth-order valence-electron chi connectivity index (χ4n) is 3.37. The van der Waals surface area contributed by atoms with E-state index in [1.165, 1.54) is 6.07 Å². The lowest BCUT2D eigenvalue weighted by molar-refractivity contribution is -0.143. The molecule has 2 aromatic heterocycles. The van der Waals surface area contributed by atoms with Crippen molar-refractivity contribution in [3.63, 3.8) is 0 Å². The number of urea groups is 1. The molecule has 0 radical (unpaired) electrons. The molecule has 2 aromatic carbocycles. The molecule has 176 valence electrons. The summed E-state index contributed by atoms with van der Waals surface area (Å²) < 4.78 is 80.0. The van der Waals surface area contributed by atoms with E-state index in [1.54, 1.807) is 24.4 Å². The molecule has 0 atom stereocenters. The Bertz CT molecular complexity index is 1340. The SMILES string of the molecule is Cc1cccn2cc(-c3cccc(NC(=O)Nc4cc(C(F)(F)F)cc(C(F)(F)F)c4)c3)nc12. The molecular formula is C23H16F6N4O. The van der Waals surface area contributed by atoms with Crippen molar-refractivity contribution in [3.05, 3.63) is 83.7 Å². The third-order valence-corrected chi connectivity index (χ3v) is 4.94. The topological polar surface area (TPSA) is 58.4 Å².